The van der Waals surface area contributed by atoms with Crippen molar-refractivity contribution < 1.29 is 38.5 Å². The van der Waals surface area contributed by atoms with Crippen LogP contribution in [-0.2, 0) is 39.8 Å². The summed E-state index contributed by atoms with van der Waals surface area (Å²) in [6.45, 7) is 14.1. The molecule has 0 radical (unpaired) electrons. The maximum Gasteiger partial charge on any atom is 0.311 e. The topological polar surface area (TPSA) is 138 Å². The first-order valence-electron chi connectivity index (χ1n) is 19.5. The molecule has 0 spiro atoms. The van der Waals surface area contributed by atoms with Gasteiger partial charge in [0.15, 0.2) is 0 Å². The molecule has 1 aliphatic rings. The number of likely N-dealkylation sites (tertiary alicyclic amines) is 1. The lowest BCUT2D eigenvalue weighted by atomic mass is 9.89. The Bertz CT molecular complexity index is 1270. The molecule has 10 atom stereocenters. The molecular formula is C41H70N4O8. The molecule has 0 unspecified atom stereocenters. The van der Waals surface area contributed by atoms with E-state index in [1.165, 1.54) is 7.11 Å². The van der Waals surface area contributed by atoms with Crippen LogP contribution in [0.25, 0.3) is 0 Å². The number of carbonyl (C=O) groups excluding carboxylic acids is 4. The highest BCUT2D eigenvalue weighted by Crippen LogP contribution is 2.30. The summed E-state index contributed by atoms with van der Waals surface area (Å²) in [5.41, 5.74) is 0.946. The number of benzene rings is 1. The number of methoxy groups -OCH3 is 2. The molecule has 0 aromatic heterocycles. The number of rotatable bonds is 22. The van der Waals surface area contributed by atoms with Gasteiger partial charge in [-0.25, -0.2) is 0 Å². The van der Waals surface area contributed by atoms with Crippen molar-refractivity contribution in [1.29, 1.82) is 0 Å². The molecule has 1 aliphatic heterocycles. The lowest BCUT2D eigenvalue weighted by Crippen LogP contribution is -2.60. The molecule has 1 saturated heterocycles. The first-order valence-corrected chi connectivity index (χ1v) is 19.5. The molecule has 302 valence electrons. The highest BCUT2D eigenvalue weighted by Gasteiger charge is 2.43. The Hall–Kier alpha value is -3.06. The Kier molecular flexibility index (Phi) is 19.4. The second kappa shape index (κ2) is 22.4. The molecule has 12 heteroatoms. The van der Waals surface area contributed by atoms with Gasteiger partial charge < -0.3 is 34.4 Å². The number of esters is 1. The molecule has 1 fully saturated rings. The monoisotopic (exact) mass is 747 g/mol. The Morgan fingerprint density at radius 2 is 1.57 bits per heavy atom. The largest absolute Gasteiger partial charge is 0.463 e. The molecule has 0 bridgehead atoms. The summed E-state index contributed by atoms with van der Waals surface area (Å²) in [5.74, 6) is -1.83. The zero-order valence-corrected chi connectivity index (χ0v) is 34.5. The van der Waals surface area contributed by atoms with Gasteiger partial charge in [-0.1, -0.05) is 84.7 Å². The van der Waals surface area contributed by atoms with Crippen molar-refractivity contribution >= 4 is 23.7 Å². The molecule has 1 heterocycles. The standard InChI is InChI=1S/C41H70N4O8/c1-13-27(5)35(42-39(48)36(26(3)4)43(8)9)40(49)44(10)37(28(6)14-2)33(51-11)24-34(47)45-22-18-21-32(45)38(52-12)29(7)41(50)53-25-31(46)23-30-19-16-15-17-20-30/h15-17,19-20,26-29,31-33,35-38,46H,13-14,18,21-25H2,1-12H3,(H,42,48)/t27-,28-,29+,31+,32-,33+,35-,36-,37-,38+/m0/s1. The Labute approximate surface area is 319 Å². The van der Waals surface area contributed by atoms with Crippen molar-refractivity contribution in [3.8, 4) is 0 Å². The molecule has 2 N–H and O–H groups in total. The minimum Gasteiger partial charge on any atom is -0.463 e. The number of hydrogen-bond donors (Lipinski definition) is 2. The molecule has 0 aliphatic carbocycles. The van der Waals surface area contributed by atoms with Crippen LogP contribution in [-0.4, -0.2) is 134 Å². The summed E-state index contributed by atoms with van der Waals surface area (Å²) in [7, 11) is 8.56. The second-order valence-electron chi connectivity index (χ2n) is 15.6. The summed E-state index contributed by atoms with van der Waals surface area (Å²) in [5, 5.41) is 13.6. The van der Waals surface area contributed by atoms with Crippen LogP contribution in [0.4, 0.5) is 0 Å². The zero-order chi connectivity index (χ0) is 40.0. The van der Waals surface area contributed by atoms with Crippen LogP contribution in [0.5, 0.6) is 0 Å². The molecule has 1 aromatic rings. The van der Waals surface area contributed by atoms with E-state index in [1.54, 1.807) is 30.9 Å². The molecular weight excluding hydrogens is 676 g/mol. The fraction of sp³-hybridized carbons (Fsp3) is 0.756. The van der Waals surface area contributed by atoms with Gasteiger partial charge in [0.1, 0.15) is 12.6 Å². The second-order valence-corrected chi connectivity index (χ2v) is 15.6. The summed E-state index contributed by atoms with van der Waals surface area (Å²) in [4.78, 5) is 60.5. The number of aliphatic hydroxyl groups is 1. The van der Waals surface area contributed by atoms with Crippen LogP contribution in [0.2, 0.25) is 0 Å². The highest BCUT2D eigenvalue weighted by atomic mass is 16.5. The van der Waals surface area contributed by atoms with Crippen molar-refractivity contribution in [2.75, 3.05) is 48.5 Å². The van der Waals surface area contributed by atoms with E-state index in [0.29, 0.717) is 25.8 Å². The van der Waals surface area contributed by atoms with Crippen LogP contribution in [0.1, 0.15) is 86.1 Å². The van der Waals surface area contributed by atoms with E-state index >= 15 is 0 Å². The van der Waals surface area contributed by atoms with E-state index in [-0.39, 0.29) is 54.5 Å². The number of likely N-dealkylation sites (N-methyl/N-ethyl adjacent to an activating group) is 2. The van der Waals surface area contributed by atoms with E-state index in [0.717, 1.165) is 18.4 Å². The summed E-state index contributed by atoms with van der Waals surface area (Å²) in [6.07, 6.45) is 1.14. The fourth-order valence-corrected chi connectivity index (χ4v) is 7.82. The lowest BCUT2D eigenvalue weighted by molar-refractivity contribution is -0.159. The summed E-state index contributed by atoms with van der Waals surface area (Å²) < 4.78 is 17.4. The van der Waals surface area contributed by atoms with Gasteiger partial charge in [-0.05, 0) is 57.2 Å². The molecule has 1 aromatic carbocycles. The Morgan fingerprint density at radius 1 is 0.943 bits per heavy atom. The van der Waals surface area contributed by atoms with Gasteiger partial charge in [0.05, 0.1) is 48.8 Å². The highest BCUT2D eigenvalue weighted by molar-refractivity contribution is 5.90. The van der Waals surface area contributed by atoms with Crippen LogP contribution >= 0.6 is 0 Å². The lowest BCUT2D eigenvalue weighted by Gasteiger charge is -2.41. The maximum atomic E-state index is 14.3. The molecule has 12 nitrogen and oxygen atoms in total. The van der Waals surface area contributed by atoms with E-state index < -0.39 is 48.3 Å². The van der Waals surface area contributed by atoms with Crippen molar-refractivity contribution in [2.24, 2.45) is 23.7 Å². The van der Waals surface area contributed by atoms with Crippen molar-refractivity contribution in [3.63, 3.8) is 0 Å². The molecule has 53 heavy (non-hydrogen) atoms. The fourth-order valence-electron chi connectivity index (χ4n) is 7.82. The molecule has 0 saturated carbocycles. The molecule has 2 rings (SSSR count). The van der Waals surface area contributed by atoms with Gasteiger partial charge in [0.25, 0.3) is 0 Å². The van der Waals surface area contributed by atoms with E-state index in [9.17, 15) is 24.3 Å². The normalized spacial score (nSPS) is 19.8. The van der Waals surface area contributed by atoms with Gasteiger partial charge in [-0.3, -0.25) is 24.1 Å². The van der Waals surface area contributed by atoms with Gasteiger partial charge >= 0.3 is 5.97 Å². The van der Waals surface area contributed by atoms with Crippen molar-refractivity contribution in [3.05, 3.63) is 35.9 Å². The maximum absolute atomic E-state index is 14.3. The number of hydrogen-bond acceptors (Lipinski definition) is 9. The average Bonchev–Trinajstić information content (AvgIpc) is 3.61. The van der Waals surface area contributed by atoms with Crippen LogP contribution < -0.4 is 5.32 Å². The van der Waals surface area contributed by atoms with Gasteiger partial charge in [-0.15, -0.1) is 0 Å². The summed E-state index contributed by atoms with van der Waals surface area (Å²) in [6, 6.07) is 7.56. The first-order chi connectivity index (χ1) is 25.0. The minimum absolute atomic E-state index is 0.0201. The van der Waals surface area contributed by atoms with Crippen LogP contribution in [0.3, 0.4) is 0 Å². The van der Waals surface area contributed by atoms with Gasteiger partial charge in [-0.2, -0.15) is 0 Å². The van der Waals surface area contributed by atoms with E-state index in [2.05, 4.69) is 5.32 Å². The first kappa shape index (κ1) is 46.1. The van der Waals surface area contributed by atoms with E-state index in [1.807, 2.05) is 90.9 Å². The number of amides is 3. The van der Waals surface area contributed by atoms with Crippen molar-refractivity contribution in [1.82, 2.24) is 20.0 Å². The third-order valence-corrected chi connectivity index (χ3v) is 11.2. The summed E-state index contributed by atoms with van der Waals surface area (Å²) >= 11 is 0. The van der Waals surface area contributed by atoms with Gasteiger partial charge in [0, 0.05) is 34.2 Å². The van der Waals surface area contributed by atoms with E-state index in [4.69, 9.17) is 14.2 Å². The third-order valence-electron chi connectivity index (χ3n) is 11.2. The predicted octanol–water partition coefficient (Wildman–Crippen LogP) is 4.17. The van der Waals surface area contributed by atoms with Crippen LogP contribution in [0, 0.1) is 23.7 Å². The quantitative estimate of drug-likeness (QED) is 0.168. The molecule has 3 amide bonds. The Balaban J connectivity index is 2.23. The number of carbonyl (C=O) groups is 4. The Morgan fingerprint density at radius 3 is 2.09 bits per heavy atom. The van der Waals surface area contributed by atoms with Crippen LogP contribution in [0.15, 0.2) is 30.3 Å². The zero-order valence-electron chi connectivity index (χ0n) is 34.5. The minimum atomic E-state index is -0.847. The number of aliphatic hydroxyl groups excluding tert-OH is 1. The van der Waals surface area contributed by atoms with Gasteiger partial charge in [0.2, 0.25) is 17.7 Å². The number of ether oxygens (including phenoxy) is 3. The number of nitrogens with one attached hydrogen (secondary N) is 1. The smallest absolute Gasteiger partial charge is 0.311 e. The predicted molar refractivity (Wildman–Crippen MR) is 207 cm³/mol. The number of nitrogens with zero attached hydrogens (tertiary/aromatic N) is 3. The average molecular weight is 747 g/mol. The third kappa shape index (κ3) is 12.8. The SMILES string of the molecule is CC[C@H](C)[C@@H]([C@@H](CC(=O)N1CCC[C@H]1[C@H](OC)[C@@H](C)C(=O)OC[C@H](O)Cc1ccccc1)OC)N(C)C(=O)[C@@H](NC(=O)[C@H](C(C)C)N(C)C)[C@@H](C)CC. The van der Waals surface area contributed by atoms with Crippen molar-refractivity contribution in [2.45, 2.75) is 129 Å².